The van der Waals surface area contributed by atoms with Crippen LogP contribution in [0.1, 0.15) is 78.4 Å². The minimum atomic E-state index is -0.544. The largest absolute Gasteiger partial charge is 0.310 e. The molecule has 0 aromatic heterocycles. The van der Waals surface area contributed by atoms with Gasteiger partial charge in [-0.05, 0) is 12.8 Å². The van der Waals surface area contributed by atoms with Gasteiger partial charge in [0.25, 0.3) is 0 Å². The highest BCUT2D eigenvalue weighted by molar-refractivity contribution is 6.10. The maximum atomic E-state index is 12.9. The summed E-state index contributed by atoms with van der Waals surface area (Å²) in [6.45, 7) is 11.3. The molecule has 1 aliphatic rings. The molecule has 0 saturated heterocycles. The Morgan fingerprint density at radius 2 is 0.972 bits per heavy atom. The Bertz CT molecular complexity index is 1000. The van der Waals surface area contributed by atoms with Crippen LogP contribution in [0.4, 0.5) is 0 Å². The molecule has 2 aromatic rings. The van der Waals surface area contributed by atoms with Gasteiger partial charge in [0.2, 0.25) is 11.8 Å². The summed E-state index contributed by atoms with van der Waals surface area (Å²) in [7, 11) is 0. The lowest BCUT2D eigenvalue weighted by molar-refractivity contribution is -0.127. The summed E-state index contributed by atoms with van der Waals surface area (Å²) in [5.41, 5.74) is 0.648. The first-order valence-electron chi connectivity index (χ1n) is 12.8. The molecule has 0 aliphatic heterocycles. The van der Waals surface area contributed by atoms with E-state index in [9.17, 15) is 9.59 Å². The van der Waals surface area contributed by atoms with Crippen molar-refractivity contribution in [3.05, 3.63) is 71.8 Å². The lowest BCUT2D eigenvalue weighted by Gasteiger charge is -2.29. The van der Waals surface area contributed by atoms with Crippen molar-refractivity contribution < 1.29 is 9.59 Å². The summed E-state index contributed by atoms with van der Waals surface area (Å²) < 4.78 is 0. The fourth-order valence-corrected chi connectivity index (χ4v) is 3.86. The van der Waals surface area contributed by atoms with Crippen LogP contribution in [0.5, 0.6) is 0 Å². The molecule has 2 N–H and O–H groups in total. The Labute approximate surface area is 215 Å². The zero-order valence-corrected chi connectivity index (χ0v) is 22.5. The number of hydrogen-bond donors (Lipinski definition) is 2. The minimum Gasteiger partial charge on any atom is -0.310 e. The molecule has 3 rings (SSSR count). The molecular weight excluding hydrogens is 448 g/mol. The van der Waals surface area contributed by atoms with Crippen LogP contribution in [0.3, 0.4) is 0 Å². The average Bonchev–Trinajstić information content (AvgIpc) is 2.84. The highest BCUT2D eigenvalue weighted by Gasteiger charge is 2.29. The standard InChI is InChI=1S/C30H40N4O2/c1-29(2,3)27(35)33-25(21-15-9-7-10-16-21)31-23-19-13-14-20-24(23)32-26(22-17-11-8-12-18-22)34-28(36)30(4,5)6/h7-12,15-18,23-24H,13-14,19-20H2,1-6H3,(H,31,33,35)(H,32,34,36)/t23-,24+. The van der Waals surface area contributed by atoms with Crippen molar-refractivity contribution in [3.63, 3.8) is 0 Å². The molecule has 0 radical (unpaired) electrons. The van der Waals surface area contributed by atoms with Crippen LogP contribution in [0.15, 0.2) is 70.6 Å². The number of amidine groups is 2. The van der Waals surface area contributed by atoms with E-state index in [-0.39, 0.29) is 23.9 Å². The number of carbonyl (C=O) groups excluding carboxylic acids is 2. The summed E-state index contributed by atoms with van der Waals surface area (Å²) in [4.78, 5) is 35.9. The molecule has 192 valence electrons. The number of rotatable bonds is 4. The maximum Gasteiger partial charge on any atom is 0.230 e. The van der Waals surface area contributed by atoms with Crippen molar-refractivity contribution in [2.24, 2.45) is 20.8 Å². The summed E-state index contributed by atoms with van der Waals surface area (Å²) in [5.74, 6) is 0.983. The predicted molar refractivity (Wildman–Crippen MR) is 147 cm³/mol. The van der Waals surface area contributed by atoms with Crippen molar-refractivity contribution >= 4 is 23.5 Å². The number of nitrogens with one attached hydrogen (secondary N) is 2. The quantitative estimate of drug-likeness (QED) is 0.439. The number of nitrogens with zero attached hydrogens (tertiary/aromatic N) is 2. The highest BCUT2D eigenvalue weighted by atomic mass is 16.2. The number of benzene rings is 2. The van der Waals surface area contributed by atoms with Crippen LogP contribution >= 0.6 is 0 Å². The van der Waals surface area contributed by atoms with Gasteiger partial charge >= 0.3 is 0 Å². The van der Waals surface area contributed by atoms with Gasteiger partial charge < -0.3 is 10.6 Å². The van der Waals surface area contributed by atoms with Gasteiger partial charge in [-0.1, -0.05) is 115 Å². The van der Waals surface area contributed by atoms with Crippen LogP contribution in [-0.2, 0) is 9.59 Å². The van der Waals surface area contributed by atoms with Crippen LogP contribution in [0.25, 0.3) is 0 Å². The van der Waals surface area contributed by atoms with Crippen LogP contribution in [0, 0.1) is 10.8 Å². The van der Waals surface area contributed by atoms with Gasteiger partial charge in [-0.3, -0.25) is 19.6 Å². The SMILES string of the molecule is CC(C)(C)C(=O)NC(=N[C@H]1CCCC[C@H]1N=C(NC(=O)C(C)(C)C)c1ccccc1)c1ccccc1. The minimum absolute atomic E-state index is 0.0802. The van der Waals surface area contributed by atoms with E-state index in [1.165, 1.54) is 0 Å². The van der Waals surface area contributed by atoms with E-state index in [1.54, 1.807) is 0 Å². The van der Waals surface area contributed by atoms with Crippen molar-refractivity contribution in [2.75, 3.05) is 0 Å². The molecule has 0 bridgehead atoms. The molecule has 1 aliphatic carbocycles. The lowest BCUT2D eigenvalue weighted by Crippen LogP contribution is -2.42. The number of amides is 2. The fraction of sp³-hybridized carbons (Fsp3) is 0.467. The second-order valence-electron chi connectivity index (χ2n) is 11.5. The summed E-state index contributed by atoms with van der Waals surface area (Å²) >= 11 is 0. The smallest absolute Gasteiger partial charge is 0.230 e. The summed E-state index contributed by atoms with van der Waals surface area (Å²) in [6, 6.07) is 19.3. The Hall–Kier alpha value is -3.28. The molecule has 0 unspecified atom stereocenters. The van der Waals surface area contributed by atoms with Gasteiger partial charge in [-0.15, -0.1) is 0 Å². The first-order chi connectivity index (χ1) is 16.9. The van der Waals surface area contributed by atoms with Gasteiger partial charge in [-0.25, -0.2) is 0 Å². The van der Waals surface area contributed by atoms with E-state index in [0.29, 0.717) is 11.7 Å². The Balaban J connectivity index is 2.00. The van der Waals surface area contributed by atoms with Gasteiger partial charge in [0.05, 0.1) is 12.1 Å². The molecule has 0 spiro atoms. The topological polar surface area (TPSA) is 82.9 Å². The molecule has 1 fully saturated rings. The van der Waals surface area contributed by atoms with Crippen LogP contribution in [0.2, 0.25) is 0 Å². The number of hydrogen-bond acceptors (Lipinski definition) is 4. The van der Waals surface area contributed by atoms with E-state index >= 15 is 0 Å². The molecule has 1 saturated carbocycles. The first-order valence-corrected chi connectivity index (χ1v) is 12.8. The van der Waals surface area contributed by atoms with Crippen LogP contribution < -0.4 is 10.6 Å². The third-order valence-electron chi connectivity index (χ3n) is 6.20. The second-order valence-corrected chi connectivity index (χ2v) is 11.5. The van der Waals surface area contributed by atoms with Gasteiger partial charge in [0.1, 0.15) is 11.7 Å². The molecule has 2 aromatic carbocycles. The first kappa shape index (κ1) is 27.3. The van der Waals surface area contributed by atoms with Gasteiger partial charge in [0.15, 0.2) is 0 Å². The predicted octanol–water partition coefficient (Wildman–Crippen LogP) is 5.52. The molecule has 36 heavy (non-hydrogen) atoms. The number of carbonyl (C=O) groups is 2. The van der Waals surface area contributed by atoms with Crippen molar-refractivity contribution in [1.82, 2.24) is 10.6 Å². The van der Waals surface area contributed by atoms with E-state index < -0.39 is 10.8 Å². The zero-order valence-electron chi connectivity index (χ0n) is 22.5. The normalized spacial score (nSPS) is 19.5. The monoisotopic (exact) mass is 488 g/mol. The molecular formula is C30H40N4O2. The summed E-state index contributed by atoms with van der Waals surface area (Å²) in [5, 5.41) is 6.14. The van der Waals surface area contributed by atoms with Gasteiger partial charge in [-0.2, -0.15) is 0 Å². The van der Waals surface area contributed by atoms with E-state index in [0.717, 1.165) is 36.8 Å². The van der Waals surface area contributed by atoms with Crippen LogP contribution in [-0.4, -0.2) is 35.6 Å². The number of aliphatic imine (C=N–C) groups is 2. The van der Waals surface area contributed by atoms with Crippen molar-refractivity contribution in [3.8, 4) is 0 Å². The molecule has 0 heterocycles. The molecule has 2 amide bonds. The van der Waals surface area contributed by atoms with Gasteiger partial charge in [0, 0.05) is 22.0 Å². The Morgan fingerprint density at radius 3 is 1.28 bits per heavy atom. The van der Waals surface area contributed by atoms with Crippen molar-refractivity contribution in [2.45, 2.75) is 79.3 Å². The molecule has 2 atom stereocenters. The average molecular weight is 489 g/mol. The van der Waals surface area contributed by atoms with E-state index in [4.69, 9.17) is 9.98 Å². The Kier molecular flexibility index (Phi) is 8.83. The second kappa shape index (κ2) is 11.6. The summed E-state index contributed by atoms with van der Waals surface area (Å²) in [6.07, 6.45) is 3.82. The lowest BCUT2D eigenvalue weighted by atomic mass is 9.90. The third-order valence-corrected chi connectivity index (χ3v) is 6.20. The molecule has 6 nitrogen and oxygen atoms in total. The fourth-order valence-electron chi connectivity index (χ4n) is 3.86. The van der Waals surface area contributed by atoms with E-state index in [1.807, 2.05) is 102 Å². The third kappa shape index (κ3) is 7.61. The molecule has 6 heteroatoms. The van der Waals surface area contributed by atoms with E-state index in [2.05, 4.69) is 10.6 Å². The van der Waals surface area contributed by atoms with Crippen molar-refractivity contribution in [1.29, 1.82) is 0 Å². The maximum absolute atomic E-state index is 12.9. The highest BCUT2D eigenvalue weighted by Crippen LogP contribution is 2.26. The zero-order chi connectivity index (χ0) is 26.3. The Morgan fingerprint density at radius 1 is 0.639 bits per heavy atom.